The first-order valence-electron chi connectivity index (χ1n) is 5.54. The molecule has 0 bridgehead atoms. The van der Waals surface area contributed by atoms with Crippen molar-refractivity contribution < 1.29 is 14.2 Å². The van der Waals surface area contributed by atoms with Crippen molar-refractivity contribution in [1.82, 2.24) is 0 Å². The molecule has 0 N–H and O–H groups in total. The number of ether oxygens (including phenoxy) is 3. The molecule has 4 heteroatoms. The number of hydrogen-bond acceptors (Lipinski definition) is 4. The van der Waals surface area contributed by atoms with Crippen molar-refractivity contribution in [2.75, 3.05) is 13.4 Å². The van der Waals surface area contributed by atoms with Gasteiger partial charge >= 0.3 is 0 Å². The van der Waals surface area contributed by atoms with Gasteiger partial charge in [-0.15, -0.1) is 0 Å². The standard InChI is InChI=1S/C13H15NO3/c1-13(2,8-14)5-6-15-10-3-4-11-12(7-10)17-9-16-11/h3-4,7H,5-6,9H2,1-2H3. The van der Waals surface area contributed by atoms with Gasteiger partial charge < -0.3 is 14.2 Å². The monoisotopic (exact) mass is 233 g/mol. The molecule has 90 valence electrons. The lowest BCUT2D eigenvalue weighted by Gasteiger charge is -2.15. The third kappa shape index (κ3) is 2.82. The van der Waals surface area contributed by atoms with Crippen molar-refractivity contribution in [3.05, 3.63) is 18.2 Å². The Bertz CT molecular complexity index is 448. The second kappa shape index (κ2) is 4.54. The molecule has 17 heavy (non-hydrogen) atoms. The molecule has 0 amide bonds. The van der Waals surface area contributed by atoms with Crippen molar-refractivity contribution in [2.45, 2.75) is 20.3 Å². The number of benzene rings is 1. The molecule has 0 saturated carbocycles. The zero-order valence-corrected chi connectivity index (χ0v) is 10.0. The van der Waals surface area contributed by atoms with Gasteiger partial charge in [-0.05, 0) is 32.4 Å². The molecule has 0 aromatic heterocycles. The topological polar surface area (TPSA) is 51.5 Å². The van der Waals surface area contributed by atoms with Gasteiger partial charge in [-0.2, -0.15) is 5.26 Å². The molecule has 1 heterocycles. The Morgan fingerprint density at radius 2 is 2.12 bits per heavy atom. The first kappa shape index (κ1) is 11.6. The SMILES string of the molecule is CC(C)(C#N)CCOc1ccc2c(c1)OCO2. The highest BCUT2D eigenvalue weighted by Gasteiger charge is 2.17. The van der Waals surface area contributed by atoms with Crippen LogP contribution in [0.4, 0.5) is 0 Å². The lowest BCUT2D eigenvalue weighted by atomic mass is 9.92. The number of nitriles is 1. The van der Waals surface area contributed by atoms with Crippen molar-refractivity contribution >= 4 is 0 Å². The van der Waals surface area contributed by atoms with E-state index in [4.69, 9.17) is 19.5 Å². The molecule has 0 atom stereocenters. The van der Waals surface area contributed by atoms with Gasteiger partial charge in [0.05, 0.1) is 18.1 Å². The van der Waals surface area contributed by atoms with Crippen LogP contribution in [0.5, 0.6) is 17.2 Å². The second-order valence-electron chi connectivity index (χ2n) is 4.61. The lowest BCUT2D eigenvalue weighted by Crippen LogP contribution is -2.13. The van der Waals surface area contributed by atoms with Gasteiger partial charge in [0.15, 0.2) is 11.5 Å². The van der Waals surface area contributed by atoms with Crippen molar-refractivity contribution in [1.29, 1.82) is 5.26 Å². The molecule has 0 spiro atoms. The summed E-state index contributed by atoms with van der Waals surface area (Å²) in [5.41, 5.74) is -0.351. The number of hydrogen-bond donors (Lipinski definition) is 0. The largest absolute Gasteiger partial charge is 0.493 e. The molecule has 0 saturated heterocycles. The van der Waals surface area contributed by atoms with Crippen molar-refractivity contribution in [3.8, 4) is 23.3 Å². The van der Waals surface area contributed by atoms with Gasteiger partial charge in [0.2, 0.25) is 6.79 Å². The van der Waals surface area contributed by atoms with Crippen molar-refractivity contribution in [2.24, 2.45) is 5.41 Å². The Morgan fingerprint density at radius 3 is 2.88 bits per heavy atom. The quantitative estimate of drug-likeness (QED) is 0.802. The number of fused-ring (bicyclic) bond motifs is 1. The summed E-state index contributed by atoms with van der Waals surface area (Å²) in [6, 6.07) is 7.72. The maximum atomic E-state index is 8.88. The summed E-state index contributed by atoms with van der Waals surface area (Å²) < 4.78 is 16.0. The normalized spacial score (nSPS) is 13.2. The molecule has 0 unspecified atom stereocenters. The fourth-order valence-electron chi connectivity index (χ4n) is 1.45. The summed E-state index contributed by atoms with van der Waals surface area (Å²) in [5.74, 6) is 2.19. The molecule has 0 fully saturated rings. The highest BCUT2D eigenvalue weighted by atomic mass is 16.7. The first-order chi connectivity index (χ1) is 8.11. The van der Waals surface area contributed by atoms with Crippen LogP contribution >= 0.6 is 0 Å². The predicted octanol–water partition coefficient (Wildman–Crippen LogP) is 2.73. The van der Waals surface area contributed by atoms with E-state index in [9.17, 15) is 0 Å². The van der Waals surface area contributed by atoms with Crippen LogP contribution in [-0.2, 0) is 0 Å². The Balaban J connectivity index is 1.90. The third-order valence-corrected chi connectivity index (χ3v) is 2.64. The van der Waals surface area contributed by atoms with Crippen molar-refractivity contribution in [3.63, 3.8) is 0 Å². The Labute approximate surface area is 101 Å². The van der Waals surface area contributed by atoms with Gasteiger partial charge in [0.1, 0.15) is 5.75 Å². The van der Waals surface area contributed by atoms with E-state index in [-0.39, 0.29) is 12.2 Å². The summed E-state index contributed by atoms with van der Waals surface area (Å²) in [6.07, 6.45) is 0.692. The van der Waals surface area contributed by atoms with Gasteiger partial charge in [-0.1, -0.05) is 0 Å². The summed E-state index contributed by atoms with van der Waals surface area (Å²) in [7, 11) is 0. The summed E-state index contributed by atoms with van der Waals surface area (Å²) in [5, 5.41) is 8.88. The Morgan fingerprint density at radius 1 is 1.35 bits per heavy atom. The molecule has 1 aromatic carbocycles. The minimum absolute atomic E-state index is 0.264. The molecular formula is C13H15NO3. The third-order valence-electron chi connectivity index (χ3n) is 2.64. The van der Waals surface area contributed by atoms with Crippen LogP contribution in [0.25, 0.3) is 0 Å². The molecule has 2 rings (SSSR count). The van der Waals surface area contributed by atoms with E-state index in [0.717, 1.165) is 11.5 Å². The van der Waals surface area contributed by atoms with Crippen LogP contribution in [0, 0.1) is 16.7 Å². The average Bonchev–Trinajstić information content (AvgIpc) is 2.76. The smallest absolute Gasteiger partial charge is 0.231 e. The molecular weight excluding hydrogens is 218 g/mol. The van der Waals surface area contributed by atoms with E-state index in [1.54, 1.807) is 0 Å². The van der Waals surface area contributed by atoms with E-state index in [0.29, 0.717) is 18.8 Å². The maximum absolute atomic E-state index is 8.88. The summed E-state index contributed by atoms with van der Waals surface area (Å²) in [4.78, 5) is 0. The highest BCUT2D eigenvalue weighted by Crippen LogP contribution is 2.35. The van der Waals surface area contributed by atoms with E-state index in [1.807, 2.05) is 32.0 Å². The van der Waals surface area contributed by atoms with Crippen LogP contribution in [0.3, 0.4) is 0 Å². The predicted molar refractivity (Wildman–Crippen MR) is 62.1 cm³/mol. The fourth-order valence-corrected chi connectivity index (χ4v) is 1.45. The van der Waals surface area contributed by atoms with E-state index in [1.165, 1.54) is 0 Å². The number of nitrogens with zero attached hydrogens (tertiary/aromatic N) is 1. The van der Waals surface area contributed by atoms with Crippen LogP contribution in [-0.4, -0.2) is 13.4 Å². The minimum atomic E-state index is -0.351. The van der Waals surface area contributed by atoms with E-state index < -0.39 is 0 Å². The molecule has 4 nitrogen and oxygen atoms in total. The van der Waals surface area contributed by atoms with Gasteiger partial charge in [-0.3, -0.25) is 0 Å². The molecule has 0 radical (unpaired) electrons. The zero-order valence-electron chi connectivity index (χ0n) is 10.0. The van der Waals surface area contributed by atoms with E-state index >= 15 is 0 Å². The first-order valence-corrected chi connectivity index (χ1v) is 5.54. The Hall–Kier alpha value is -1.89. The highest BCUT2D eigenvalue weighted by molar-refractivity contribution is 5.46. The molecule has 1 aliphatic heterocycles. The molecule has 0 aliphatic carbocycles. The summed E-state index contributed by atoms with van der Waals surface area (Å²) in [6.45, 7) is 4.58. The van der Waals surface area contributed by atoms with Gasteiger partial charge in [-0.25, -0.2) is 0 Å². The molecule has 1 aromatic rings. The Kier molecular flexibility index (Phi) is 3.10. The second-order valence-corrected chi connectivity index (χ2v) is 4.61. The minimum Gasteiger partial charge on any atom is -0.493 e. The summed E-state index contributed by atoms with van der Waals surface area (Å²) >= 11 is 0. The maximum Gasteiger partial charge on any atom is 0.231 e. The van der Waals surface area contributed by atoms with E-state index in [2.05, 4.69) is 6.07 Å². The van der Waals surface area contributed by atoms with Gasteiger partial charge in [0, 0.05) is 6.07 Å². The average molecular weight is 233 g/mol. The zero-order chi connectivity index (χ0) is 12.3. The van der Waals surface area contributed by atoms with Crippen LogP contribution in [0.2, 0.25) is 0 Å². The molecule has 1 aliphatic rings. The van der Waals surface area contributed by atoms with Gasteiger partial charge in [0.25, 0.3) is 0 Å². The van der Waals surface area contributed by atoms with Crippen LogP contribution in [0.1, 0.15) is 20.3 Å². The fraction of sp³-hybridized carbons (Fsp3) is 0.462. The van der Waals surface area contributed by atoms with Crippen LogP contribution in [0.15, 0.2) is 18.2 Å². The van der Waals surface area contributed by atoms with Crippen LogP contribution < -0.4 is 14.2 Å². The lowest BCUT2D eigenvalue weighted by molar-refractivity contribution is 0.173. The number of rotatable bonds is 4.